The summed E-state index contributed by atoms with van der Waals surface area (Å²) in [5.74, 6) is 5.03. The van der Waals surface area contributed by atoms with Crippen molar-refractivity contribution in [3.63, 3.8) is 0 Å². The molecule has 0 aromatic heterocycles. The molecule has 1 fully saturated rings. The highest BCUT2D eigenvalue weighted by molar-refractivity contribution is 6.35. The fourth-order valence-electron chi connectivity index (χ4n) is 2.44. The minimum absolute atomic E-state index is 0.0555. The lowest BCUT2D eigenvalue weighted by Gasteiger charge is -2.32. The molecule has 6 heteroatoms. The molecular formula is C13H17Cl2N3O. The lowest BCUT2D eigenvalue weighted by molar-refractivity contribution is -0.126. The van der Waals surface area contributed by atoms with Gasteiger partial charge in [-0.05, 0) is 31.5 Å². The van der Waals surface area contributed by atoms with Crippen molar-refractivity contribution in [1.29, 1.82) is 0 Å². The Labute approximate surface area is 122 Å². The molecule has 0 bridgehead atoms. The molecule has 1 amide bonds. The molecular weight excluding hydrogens is 285 g/mol. The van der Waals surface area contributed by atoms with E-state index < -0.39 is 0 Å². The first-order chi connectivity index (χ1) is 9.11. The number of likely N-dealkylation sites (tertiary alicyclic amines) is 1. The number of carbonyl (C=O) groups is 1. The van der Waals surface area contributed by atoms with Gasteiger partial charge in [-0.15, -0.1) is 0 Å². The predicted molar refractivity (Wildman–Crippen MR) is 76.8 cm³/mol. The Balaban J connectivity index is 2.05. The van der Waals surface area contributed by atoms with Crippen LogP contribution in [0.4, 0.5) is 0 Å². The molecule has 1 saturated heterocycles. The Hall–Kier alpha value is -0.810. The molecule has 1 atom stereocenters. The van der Waals surface area contributed by atoms with E-state index in [4.69, 9.17) is 29.0 Å². The van der Waals surface area contributed by atoms with Crippen LogP contribution in [0.5, 0.6) is 0 Å². The van der Waals surface area contributed by atoms with E-state index in [0.717, 1.165) is 24.9 Å². The summed E-state index contributed by atoms with van der Waals surface area (Å²) >= 11 is 12.3. The van der Waals surface area contributed by atoms with E-state index in [1.165, 1.54) is 0 Å². The van der Waals surface area contributed by atoms with Gasteiger partial charge < -0.3 is 0 Å². The smallest absolute Gasteiger partial charge is 0.238 e. The molecule has 19 heavy (non-hydrogen) atoms. The van der Waals surface area contributed by atoms with Crippen LogP contribution in [0.2, 0.25) is 10.0 Å². The van der Waals surface area contributed by atoms with Crippen LogP contribution in [0.1, 0.15) is 18.4 Å². The first-order valence-electron chi connectivity index (χ1n) is 6.27. The molecule has 0 radical (unpaired) electrons. The van der Waals surface area contributed by atoms with Crippen LogP contribution in [0.15, 0.2) is 18.2 Å². The Morgan fingerprint density at radius 3 is 2.74 bits per heavy atom. The fraction of sp³-hybridized carbons (Fsp3) is 0.462. The van der Waals surface area contributed by atoms with Crippen molar-refractivity contribution >= 4 is 29.1 Å². The molecule has 1 heterocycles. The predicted octanol–water partition coefficient (Wildman–Crippen LogP) is 2.20. The highest BCUT2D eigenvalue weighted by Crippen LogP contribution is 2.27. The molecule has 1 aromatic carbocycles. The summed E-state index contributed by atoms with van der Waals surface area (Å²) < 4.78 is 0. The third kappa shape index (κ3) is 3.60. The number of nitrogens with one attached hydrogen (secondary N) is 1. The second kappa shape index (κ2) is 6.57. The lowest BCUT2D eigenvalue weighted by Crippen LogP contribution is -2.44. The molecule has 1 unspecified atom stereocenters. The number of piperidine rings is 1. The van der Waals surface area contributed by atoms with Crippen molar-refractivity contribution < 1.29 is 4.79 Å². The van der Waals surface area contributed by atoms with Crippen LogP contribution >= 0.6 is 23.2 Å². The maximum absolute atomic E-state index is 11.6. The van der Waals surface area contributed by atoms with Crippen LogP contribution in [0.3, 0.4) is 0 Å². The molecule has 1 aromatic rings. The van der Waals surface area contributed by atoms with Crippen LogP contribution < -0.4 is 11.3 Å². The average Bonchev–Trinajstić information content (AvgIpc) is 2.42. The van der Waals surface area contributed by atoms with Crippen LogP contribution in [0.25, 0.3) is 0 Å². The van der Waals surface area contributed by atoms with E-state index in [1.54, 1.807) is 0 Å². The maximum atomic E-state index is 11.6. The number of carbonyl (C=O) groups excluding carboxylic acids is 1. The van der Waals surface area contributed by atoms with Gasteiger partial charge in [0.25, 0.3) is 0 Å². The summed E-state index contributed by atoms with van der Waals surface area (Å²) in [6.07, 6.45) is 1.84. The number of halogens is 2. The van der Waals surface area contributed by atoms with Gasteiger partial charge in [-0.1, -0.05) is 29.3 Å². The SMILES string of the molecule is NNC(=O)C1CCCN(Cc2c(Cl)cccc2Cl)C1. The van der Waals surface area contributed by atoms with Crippen LogP contribution in [-0.2, 0) is 11.3 Å². The maximum Gasteiger partial charge on any atom is 0.238 e. The van der Waals surface area contributed by atoms with E-state index in [-0.39, 0.29) is 11.8 Å². The summed E-state index contributed by atoms with van der Waals surface area (Å²) in [6, 6.07) is 5.49. The molecule has 1 aliphatic rings. The van der Waals surface area contributed by atoms with Crippen molar-refractivity contribution in [2.45, 2.75) is 19.4 Å². The zero-order chi connectivity index (χ0) is 13.8. The fourth-order valence-corrected chi connectivity index (χ4v) is 2.95. The molecule has 4 nitrogen and oxygen atoms in total. The quantitative estimate of drug-likeness (QED) is 0.511. The van der Waals surface area contributed by atoms with Gasteiger partial charge in [0.2, 0.25) is 5.91 Å². The zero-order valence-corrected chi connectivity index (χ0v) is 12.0. The number of nitrogens with two attached hydrogens (primary N) is 1. The van der Waals surface area contributed by atoms with Crippen molar-refractivity contribution in [1.82, 2.24) is 10.3 Å². The number of hydrogen-bond acceptors (Lipinski definition) is 3. The molecule has 2 rings (SSSR count). The van der Waals surface area contributed by atoms with Crippen molar-refractivity contribution in [2.75, 3.05) is 13.1 Å². The first-order valence-corrected chi connectivity index (χ1v) is 7.03. The molecule has 0 spiro atoms. The number of nitrogens with zero attached hydrogens (tertiary/aromatic N) is 1. The van der Waals surface area contributed by atoms with Gasteiger partial charge in [0.05, 0.1) is 5.92 Å². The monoisotopic (exact) mass is 301 g/mol. The van der Waals surface area contributed by atoms with Crippen molar-refractivity contribution in [3.8, 4) is 0 Å². The highest BCUT2D eigenvalue weighted by atomic mass is 35.5. The molecule has 0 aliphatic carbocycles. The normalized spacial score (nSPS) is 20.3. The van der Waals surface area contributed by atoms with Gasteiger partial charge in [-0.3, -0.25) is 15.1 Å². The number of rotatable bonds is 3. The largest absolute Gasteiger partial charge is 0.298 e. The topological polar surface area (TPSA) is 58.4 Å². The zero-order valence-electron chi connectivity index (χ0n) is 10.5. The minimum atomic E-state index is -0.102. The Bertz CT molecular complexity index is 447. The highest BCUT2D eigenvalue weighted by Gasteiger charge is 2.25. The third-order valence-electron chi connectivity index (χ3n) is 3.46. The van der Waals surface area contributed by atoms with Gasteiger partial charge in [-0.25, -0.2) is 5.84 Å². The lowest BCUT2D eigenvalue weighted by atomic mass is 9.97. The number of benzene rings is 1. The summed E-state index contributed by atoms with van der Waals surface area (Å²) in [6.45, 7) is 2.29. The number of hydrogen-bond donors (Lipinski definition) is 2. The van der Waals surface area contributed by atoms with Gasteiger partial charge in [-0.2, -0.15) is 0 Å². The first kappa shape index (κ1) is 14.6. The Morgan fingerprint density at radius 1 is 1.42 bits per heavy atom. The van der Waals surface area contributed by atoms with Gasteiger partial charge >= 0.3 is 0 Å². The average molecular weight is 302 g/mol. The van der Waals surface area contributed by atoms with E-state index in [1.807, 2.05) is 18.2 Å². The van der Waals surface area contributed by atoms with Crippen molar-refractivity contribution in [2.24, 2.45) is 11.8 Å². The van der Waals surface area contributed by atoms with Crippen molar-refractivity contribution in [3.05, 3.63) is 33.8 Å². The van der Waals surface area contributed by atoms with Gasteiger partial charge in [0.1, 0.15) is 0 Å². The number of hydrazine groups is 1. The van der Waals surface area contributed by atoms with E-state index in [0.29, 0.717) is 23.1 Å². The van der Waals surface area contributed by atoms with Gasteiger partial charge in [0.15, 0.2) is 0 Å². The Kier molecular flexibility index (Phi) is 5.05. The standard InChI is InChI=1S/C13H17Cl2N3O/c14-11-4-1-5-12(15)10(11)8-18-6-2-3-9(7-18)13(19)17-16/h1,4-5,9H,2-3,6-8,16H2,(H,17,19). The second-order valence-corrected chi connectivity index (χ2v) is 5.60. The summed E-state index contributed by atoms with van der Waals surface area (Å²) in [5, 5.41) is 1.33. The molecule has 104 valence electrons. The minimum Gasteiger partial charge on any atom is -0.298 e. The van der Waals surface area contributed by atoms with E-state index in [9.17, 15) is 4.79 Å². The van der Waals surface area contributed by atoms with Crippen LogP contribution in [-0.4, -0.2) is 23.9 Å². The summed E-state index contributed by atoms with van der Waals surface area (Å²) in [5.41, 5.74) is 3.14. The van der Waals surface area contributed by atoms with Gasteiger partial charge in [0, 0.05) is 28.7 Å². The summed E-state index contributed by atoms with van der Waals surface area (Å²) in [7, 11) is 0. The van der Waals surface area contributed by atoms with E-state index >= 15 is 0 Å². The second-order valence-electron chi connectivity index (χ2n) is 4.78. The number of amides is 1. The third-order valence-corrected chi connectivity index (χ3v) is 4.17. The molecule has 1 aliphatic heterocycles. The van der Waals surface area contributed by atoms with Crippen LogP contribution in [0, 0.1) is 5.92 Å². The Morgan fingerprint density at radius 2 is 2.11 bits per heavy atom. The molecule has 3 N–H and O–H groups in total. The van der Waals surface area contributed by atoms with E-state index in [2.05, 4.69) is 10.3 Å². The summed E-state index contributed by atoms with van der Waals surface area (Å²) in [4.78, 5) is 13.8. The molecule has 0 saturated carbocycles.